The number of amides is 1. The molecule has 6 heteroatoms. The standard InChI is InChI=1S/C14H14N2O3S/c1-9-7-15-14(20-9)16-13(18)8-19-12-5-3-4-11(6-12)10(2)17/h3-7H,8H2,1-2H3,(H,15,16,18). The second-order valence-corrected chi connectivity index (χ2v) is 5.43. The van der Waals surface area contributed by atoms with Gasteiger partial charge < -0.3 is 4.74 Å². The first-order valence-corrected chi connectivity index (χ1v) is 6.82. The maximum absolute atomic E-state index is 11.7. The Labute approximate surface area is 120 Å². The largest absolute Gasteiger partial charge is 0.484 e. The van der Waals surface area contributed by atoms with E-state index in [9.17, 15) is 9.59 Å². The number of benzene rings is 1. The molecule has 104 valence electrons. The van der Waals surface area contributed by atoms with Gasteiger partial charge in [-0.2, -0.15) is 0 Å². The van der Waals surface area contributed by atoms with Crippen molar-refractivity contribution in [2.45, 2.75) is 13.8 Å². The number of aromatic nitrogens is 1. The molecule has 0 spiro atoms. The fourth-order valence-electron chi connectivity index (χ4n) is 1.52. The third kappa shape index (κ3) is 3.89. The van der Waals surface area contributed by atoms with Crippen LogP contribution in [-0.2, 0) is 4.79 Å². The summed E-state index contributed by atoms with van der Waals surface area (Å²) >= 11 is 1.40. The molecule has 1 amide bonds. The van der Waals surface area contributed by atoms with E-state index >= 15 is 0 Å². The summed E-state index contributed by atoms with van der Waals surface area (Å²) in [6, 6.07) is 6.73. The van der Waals surface area contributed by atoms with E-state index in [1.807, 2.05) is 6.92 Å². The van der Waals surface area contributed by atoms with E-state index in [1.54, 1.807) is 30.5 Å². The number of aryl methyl sites for hydroxylation is 1. The molecule has 2 rings (SSSR count). The fourth-order valence-corrected chi connectivity index (χ4v) is 2.20. The van der Waals surface area contributed by atoms with Crippen molar-refractivity contribution in [3.63, 3.8) is 0 Å². The summed E-state index contributed by atoms with van der Waals surface area (Å²) in [4.78, 5) is 28.0. The van der Waals surface area contributed by atoms with Gasteiger partial charge in [0.25, 0.3) is 5.91 Å². The quantitative estimate of drug-likeness (QED) is 0.860. The SMILES string of the molecule is CC(=O)c1cccc(OCC(=O)Nc2ncc(C)s2)c1. The Balaban J connectivity index is 1.90. The maximum Gasteiger partial charge on any atom is 0.264 e. The van der Waals surface area contributed by atoms with Gasteiger partial charge in [0.1, 0.15) is 5.75 Å². The predicted molar refractivity (Wildman–Crippen MR) is 77.4 cm³/mol. The molecule has 0 bridgehead atoms. The topological polar surface area (TPSA) is 68.3 Å². The summed E-state index contributed by atoms with van der Waals surface area (Å²) in [5.74, 6) is 0.161. The Morgan fingerprint density at radius 3 is 2.85 bits per heavy atom. The highest BCUT2D eigenvalue weighted by Crippen LogP contribution is 2.17. The van der Waals surface area contributed by atoms with E-state index in [-0.39, 0.29) is 18.3 Å². The number of ketones is 1. The van der Waals surface area contributed by atoms with E-state index in [2.05, 4.69) is 10.3 Å². The van der Waals surface area contributed by atoms with Crippen LogP contribution in [-0.4, -0.2) is 23.3 Å². The number of anilines is 1. The number of carbonyl (C=O) groups is 2. The number of hydrogen-bond donors (Lipinski definition) is 1. The van der Waals surface area contributed by atoms with Crippen LogP contribution in [0.3, 0.4) is 0 Å². The normalized spacial score (nSPS) is 10.1. The smallest absolute Gasteiger partial charge is 0.264 e. The summed E-state index contributed by atoms with van der Waals surface area (Å²) in [6.07, 6.45) is 1.69. The number of carbonyl (C=O) groups excluding carboxylic acids is 2. The minimum atomic E-state index is -0.285. The monoisotopic (exact) mass is 290 g/mol. The maximum atomic E-state index is 11.7. The lowest BCUT2D eigenvalue weighted by molar-refractivity contribution is -0.118. The molecule has 0 saturated heterocycles. The van der Waals surface area contributed by atoms with Crippen molar-refractivity contribution in [1.29, 1.82) is 0 Å². The summed E-state index contributed by atoms with van der Waals surface area (Å²) in [5.41, 5.74) is 0.554. The second kappa shape index (κ2) is 6.29. The zero-order chi connectivity index (χ0) is 14.5. The molecule has 0 aliphatic rings. The third-order valence-electron chi connectivity index (χ3n) is 2.48. The molecule has 0 radical (unpaired) electrons. The van der Waals surface area contributed by atoms with Crippen molar-refractivity contribution >= 4 is 28.2 Å². The average molecular weight is 290 g/mol. The molecule has 5 nitrogen and oxygen atoms in total. The van der Waals surface area contributed by atoms with Crippen LogP contribution in [0.15, 0.2) is 30.5 Å². The zero-order valence-corrected chi connectivity index (χ0v) is 12.0. The summed E-state index contributed by atoms with van der Waals surface area (Å²) in [6.45, 7) is 3.27. The molecule has 1 aromatic heterocycles. The van der Waals surface area contributed by atoms with Gasteiger partial charge in [0.15, 0.2) is 17.5 Å². The summed E-state index contributed by atoms with van der Waals surface area (Å²) < 4.78 is 5.35. The molecule has 0 saturated carbocycles. The number of ether oxygens (including phenoxy) is 1. The molecule has 20 heavy (non-hydrogen) atoms. The lowest BCUT2D eigenvalue weighted by Gasteiger charge is -2.06. The molecule has 1 heterocycles. The first-order chi connectivity index (χ1) is 9.54. The van der Waals surface area contributed by atoms with Gasteiger partial charge in [-0.1, -0.05) is 12.1 Å². The molecule has 0 unspecified atom stereocenters. The van der Waals surface area contributed by atoms with Crippen molar-refractivity contribution in [2.75, 3.05) is 11.9 Å². The van der Waals surface area contributed by atoms with Gasteiger partial charge in [0.2, 0.25) is 0 Å². The van der Waals surface area contributed by atoms with Crippen LogP contribution in [0, 0.1) is 6.92 Å². The molecule has 0 aliphatic heterocycles. The fraction of sp³-hybridized carbons (Fsp3) is 0.214. The van der Waals surface area contributed by atoms with Crippen LogP contribution >= 0.6 is 11.3 Å². The lowest BCUT2D eigenvalue weighted by Crippen LogP contribution is -2.20. The van der Waals surface area contributed by atoms with Crippen molar-refractivity contribution in [3.05, 3.63) is 40.9 Å². The Hall–Kier alpha value is -2.21. The molecule has 0 fully saturated rings. The second-order valence-electron chi connectivity index (χ2n) is 4.20. The highest BCUT2D eigenvalue weighted by Gasteiger charge is 2.07. The van der Waals surface area contributed by atoms with E-state index in [0.29, 0.717) is 16.4 Å². The highest BCUT2D eigenvalue weighted by molar-refractivity contribution is 7.15. The van der Waals surface area contributed by atoms with Gasteiger partial charge >= 0.3 is 0 Å². The van der Waals surface area contributed by atoms with Crippen LogP contribution in [0.4, 0.5) is 5.13 Å². The lowest BCUT2D eigenvalue weighted by atomic mass is 10.1. The predicted octanol–water partition coefficient (Wildman–Crippen LogP) is 2.67. The van der Waals surface area contributed by atoms with E-state index in [1.165, 1.54) is 18.3 Å². The van der Waals surface area contributed by atoms with Crippen LogP contribution < -0.4 is 10.1 Å². The molecular formula is C14H14N2O3S. The molecule has 1 aromatic carbocycles. The number of nitrogens with one attached hydrogen (secondary N) is 1. The third-order valence-corrected chi connectivity index (χ3v) is 3.31. The first-order valence-electron chi connectivity index (χ1n) is 6.00. The van der Waals surface area contributed by atoms with Gasteiger partial charge in [-0.25, -0.2) is 4.98 Å². The van der Waals surface area contributed by atoms with Gasteiger partial charge in [-0.3, -0.25) is 14.9 Å². The number of thiazole rings is 1. The van der Waals surface area contributed by atoms with Gasteiger partial charge in [0.05, 0.1) is 0 Å². The molecular weight excluding hydrogens is 276 g/mol. The van der Waals surface area contributed by atoms with E-state index in [0.717, 1.165) is 4.88 Å². The van der Waals surface area contributed by atoms with Crippen molar-refractivity contribution < 1.29 is 14.3 Å². The van der Waals surface area contributed by atoms with Crippen molar-refractivity contribution in [1.82, 2.24) is 4.98 Å². The molecule has 1 N–H and O–H groups in total. The molecule has 0 aliphatic carbocycles. The highest BCUT2D eigenvalue weighted by atomic mass is 32.1. The van der Waals surface area contributed by atoms with E-state index < -0.39 is 0 Å². The zero-order valence-electron chi connectivity index (χ0n) is 11.2. The average Bonchev–Trinajstić information content (AvgIpc) is 2.82. The van der Waals surface area contributed by atoms with Gasteiger partial charge in [0, 0.05) is 16.6 Å². The number of Topliss-reactive ketones (excluding diaryl/α,β-unsaturated/α-hetero) is 1. The molecule has 2 aromatic rings. The van der Waals surface area contributed by atoms with Crippen molar-refractivity contribution in [3.8, 4) is 5.75 Å². The van der Waals surface area contributed by atoms with E-state index in [4.69, 9.17) is 4.74 Å². The Morgan fingerprint density at radius 1 is 1.40 bits per heavy atom. The van der Waals surface area contributed by atoms with Crippen molar-refractivity contribution in [2.24, 2.45) is 0 Å². The summed E-state index contributed by atoms with van der Waals surface area (Å²) in [7, 11) is 0. The van der Waals surface area contributed by atoms with Crippen LogP contribution in [0.2, 0.25) is 0 Å². The van der Waals surface area contributed by atoms with Crippen LogP contribution in [0.5, 0.6) is 5.75 Å². The minimum absolute atomic E-state index is 0.0434. The number of nitrogens with zero attached hydrogens (tertiary/aromatic N) is 1. The number of rotatable bonds is 5. The van der Waals surface area contributed by atoms with Gasteiger partial charge in [-0.15, -0.1) is 11.3 Å². The first kappa shape index (κ1) is 14.2. The number of hydrogen-bond acceptors (Lipinski definition) is 5. The van der Waals surface area contributed by atoms with Crippen LogP contribution in [0.25, 0.3) is 0 Å². The van der Waals surface area contributed by atoms with Crippen LogP contribution in [0.1, 0.15) is 22.2 Å². The Kier molecular flexibility index (Phi) is 4.47. The minimum Gasteiger partial charge on any atom is -0.484 e. The summed E-state index contributed by atoms with van der Waals surface area (Å²) in [5, 5.41) is 3.20. The molecule has 0 atom stereocenters. The van der Waals surface area contributed by atoms with Gasteiger partial charge in [-0.05, 0) is 26.0 Å². The Morgan fingerprint density at radius 2 is 2.20 bits per heavy atom. The Bertz CT molecular complexity index is 637.